The molecule has 1 N–H and O–H groups in total. The Kier molecular flexibility index (Phi) is 12.5. The Balaban J connectivity index is 0.00000178. The van der Waals surface area contributed by atoms with Crippen LogP contribution in [0.5, 0.6) is 0 Å². The molecule has 0 aliphatic carbocycles. The lowest BCUT2D eigenvalue weighted by Gasteiger charge is -2.43. The first kappa shape index (κ1) is 32.9. The molecular formula is C32H41Cl3N4. The summed E-state index contributed by atoms with van der Waals surface area (Å²) in [6.07, 6.45) is 0. The average Bonchev–Trinajstić information content (AvgIpc) is 3.27. The third-order valence-corrected chi connectivity index (χ3v) is 7.57. The van der Waals surface area contributed by atoms with E-state index in [0.717, 1.165) is 32.0 Å². The number of aryl methyl sites for hydroxylation is 2. The van der Waals surface area contributed by atoms with E-state index in [2.05, 4.69) is 127 Å². The minimum absolute atomic E-state index is 0. The van der Waals surface area contributed by atoms with Gasteiger partial charge in [-0.15, -0.1) is 37.2 Å². The molecule has 0 spiro atoms. The molecule has 1 unspecified atom stereocenters. The molecule has 0 radical (unpaired) electrons. The molecule has 7 heteroatoms. The lowest BCUT2D eigenvalue weighted by atomic mass is 9.94. The molecule has 1 aliphatic heterocycles. The van der Waals surface area contributed by atoms with Crippen LogP contribution in [0.15, 0.2) is 84.9 Å². The van der Waals surface area contributed by atoms with Crippen molar-refractivity contribution in [2.45, 2.75) is 39.8 Å². The molecule has 210 valence electrons. The Bertz CT molecular complexity index is 1230. The second-order valence-electron chi connectivity index (χ2n) is 10.4. The zero-order valence-corrected chi connectivity index (χ0v) is 25.7. The summed E-state index contributed by atoms with van der Waals surface area (Å²) >= 11 is 0. The zero-order chi connectivity index (χ0) is 25.1. The van der Waals surface area contributed by atoms with Crippen LogP contribution in [0, 0.1) is 19.8 Å². The van der Waals surface area contributed by atoms with Gasteiger partial charge in [-0.05, 0) is 36.5 Å². The summed E-state index contributed by atoms with van der Waals surface area (Å²) < 4.78 is 0. The SMILES string of the molecule is Cc1ccccc1-c1nc(C(C(C)C)N2CCN(C(c3ccccc3)c3ccccc3)CC2)c(C)[nH]1.Cl.Cl.Cl. The van der Waals surface area contributed by atoms with E-state index in [4.69, 9.17) is 4.98 Å². The van der Waals surface area contributed by atoms with E-state index in [9.17, 15) is 0 Å². The van der Waals surface area contributed by atoms with Gasteiger partial charge in [0, 0.05) is 37.4 Å². The van der Waals surface area contributed by atoms with Crippen molar-refractivity contribution in [1.82, 2.24) is 19.8 Å². The fourth-order valence-corrected chi connectivity index (χ4v) is 5.80. The van der Waals surface area contributed by atoms with Gasteiger partial charge in [0.05, 0.1) is 17.8 Å². The van der Waals surface area contributed by atoms with Crippen molar-refractivity contribution in [1.29, 1.82) is 0 Å². The molecule has 2 heterocycles. The Morgan fingerprint density at radius 2 is 1.15 bits per heavy atom. The molecule has 1 aliphatic rings. The van der Waals surface area contributed by atoms with Crippen molar-refractivity contribution in [2.75, 3.05) is 26.2 Å². The van der Waals surface area contributed by atoms with Gasteiger partial charge in [-0.25, -0.2) is 4.98 Å². The number of imidazole rings is 1. The second-order valence-corrected chi connectivity index (χ2v) is 10.4. The summed E-state index contributed by atoms with van der Waals surface area (Å²) in [5.41, 5.74) is 7.54. The quantitative estimate of drug-likeness (QED) is 0.237. The third-order valence-electron chi connectivity index (χ3n) is 7.57. The fraction of sp³-hybridized carbons (Fsp3) is 0.344. The average molecular weight is 588 g/mol. The smallest absolute Gasteiger partial charge is 0.138 e. The first-order valence-electron chi connectivity index (χ1n) is 13.2. The molecule has 0 saturated carbocycles. The number of hydrogen-bond donors (Lipinski definition) is 1. The molecule has 1 fully saturated rings. The number of H-pyrrole nitrogens is 1. The predicted molar refractivity (Wildman–Crippen MR) is 171 cm³/mol. The normalized spacial score (nSPS) is 14.8. The van der Waals surface area contributed by atoms with Crippen molar-refractivity contribution < 1.29 is 0 Å². The Morgan fingerprint density at radius 1 is 0.667 bits per heavy atom. The van der Waals surface area contributed by atoms with E-state index in [-0.39, 0.29) is 43.3 Å². The van der Waals surface area contributed by atoms with E-state index in [1.54, 1.807) is 0 Å². The predicted octanol–water partition coefficient (Wildman–Crippen LogP) is 8.06. The van der Waals surface area contributed by atoms with Crippen LogP contribution in [0.25, 0.3) is 11.4 Å². The van der Waals surface area contributed by atoms with Crippen molar-refractivity contribution in [3.8, 4) is 11.4 Å². The topological polar surface area (TPSA) is 35.2 Å². The molecule has 0 amide bonds. The number of aromatic nitrogens is 2. The summed E-state index contributed by atoms with van der Waals surface area (Å²) in [6.45, 7) is 13.1. The number of nitrogens with one attached hydrogen (secondary N) is 1. The van der Waals surface area contributed by atoms with Crippen molar-refractivity contribution in [3.63, 3.8) is 0 Å². The third kappa shape index (κ3) is 7.25. The van der Waals surface area contributed by atoms with E-state index >= 15 is 0 Å². The molecule has 1 saturated heterocycles. The zero-order valence-electron chi connectivity index (χ0n) is 23.2. The fourth-order valence-electron chi connectivity index (χ4n) is 5.80. The van der Waals surface area contributed by atoms with E-state index < -0.39 is 0 Å². The number of halogens is 3. The van der Waals surface area contributed by atoms with Gasteiger partial charge >= 0.3 is 0 Å². The standard InChI is InChI=1S/C32H38N4.3ClH/c1-23(2)30(29-25(4)33-32(34-29)28-18-12-11-13-24(28)3)35-19-21-36(22-20-35)31(26-14-7-5-8-15-26)27-16-9-6-10-17-27;;;/h5-18,23,30-31H,19-22H2,1-4H3,(H,33,34);3*1H. The monoisotopic (exact) mass is 586 g/mol. The Hall–Kier alpha value is -2.34. The lowest BCUT2D eigenvalue weighted by Crippen LogP contribution is -2.50. The van der Waals surface area contributed by atoms with Crippen molar-refractivity contribution >= 4 is 37.2 Å². The van der Waals surface area contributed by atoms with Gasteiger partial charge in [0.15, 0.2) is 0 Å². The number of rotatable bonds is 7. The summed E-state index contributed by atoms with van der Waals surface area (Å²) in [7, 11) is 0. The van der Waals surface area contributed by atoms with Crippen molar-refractivity contribution in [2.24, 2.45) is 5.92 Å². The van der Waals surface area contributed by atoms with E-state index in [0.29, 0.717) is 12.0 Å². The minimum Gasteiger partial charge on any atom is -0.342 e. The first-order valence-corrected chi connectivity index (χ1v) is 13.2. The maximum Gasteiger partial charge on any atom is 0.138 e. The highest BCUT2D eigenvalue weighted by Gasteiger charge is 2.33. The van der Waals surface area contributed by atoms with Crippen LogP contribution in [0.3, 0.4) is 0 Å². The van der Waals surface area contributed by atoms with Crippen LogP contribution in [0.1, 0.15) is 54.0 Å². The van der Waals surface area contributed by atoms with Crippen LogP contribution in [-0.2, 0) is 0 Å². The molecule has 4 nitrogen and oxygen atoms in total. The molecule has 4 aromatic rings. The van der Waals surface area contributed by atoms with Crippen LogP contribution in [0.4, 0.5) is 0 Å². The molecule has 0 bridgehead atoms. The summed E-state index contributed by atoms with van der Waals surface area (Å²) in [5, 5.41) is 0. The number of aromatic amines is 1. The van der Waals surface area contributed by atoms with Gasteiger partial charge < -0.3 is 4.98 Å². The van der Waals surface area contributed by atoms with Gasteiger partial charge in [0.1, 0.15) is 5.82 Å². The summed E-state index contributed by atoms with van der Waals surface area (Å²) in [5.74, 6) is 1.46. The highest BCUT2D eigenvalue weighted by Crippen LogP contribution is 2.35. The number of hydrogen-bond acceptors (Lipinski definition) is 3. The number of piperazine rings is 1. The highest BCUT2D eigenvalue weighted by atomic mass is 35.5. The molecular weight excluding hydrogens is 547 g/mol. The van der Waals surface area contributed by atoms with Gasteiger partial charge in [0.2, 0.25) is 0 Å². The van der Waals surface area contributed by atoms with Crippen LogP contribution < -0.4 is 0 Å². The van der Waals surface area contributed by atoms with Crippen LogP contribution in [0.2, 0.25) is 0 Å². The Morgan fingerprint density at radius 3 is 1.67 bits per heavy atom. The van der Waals surface area contributed by atoms with Gasteiger partial charge in [-0.1, -0.05) is 98.8 Å². The van der Waals surface area contributed by atoms with Gasteiger partial charge in [-0.2, -0.15) is 0 Å². The largest absolute Gasteiger partial charge is 0.342 e. The lowest BCUT2D eigenvalue weighted by molar-refractivity contribution is 0.0599. The maximum atomic E-state index is 5.18. The summed E-state index contributed by atoms with van der Waals surface area (Å²) in [4.78, 5) is 14.1. The summed E-state index contributed by atoms with van der Waals surface area (Å²) in [6, 6.07) is 31.0. The molecule has 3 aromatic carbocycles. The number of nitrogens with zero attached hydrogens (tertiary/aromatic N) is 3. The maximum absolute atomic E-state index is 5.18. The minimum atomic E-state index is 0. The Labute approximate surface area is 252 Å². The van der Waals surface area contributed by atoms with E-state index in [1.807, 2.05) is 0 Å². The molecule has 1 atom stereocenters. The second kappa shape index (κ2) is 14.9. The highest BCUT2D eigenvalue weighted by molar-refractivity contribution is 5.86. The van der Waals surface area contributed by atoms with E-state index in [1.165, 1.54) is 33.6 Å². The van der Waals surface area contributed by atoms with Gasteiger partial charge in [-0.3, -0.25) is 9.80 Å². The number of benzene rings is 3. The van der Waals surface area contributed by atoms with Crippen molar-refractivity contribution in [3.05, 3.63) is 113 Å². The van der Waals surface area contributed by atoms with Crippen LogP contribution in [-0.4, -0.2) is 45.9 Å². The molecule has 1 aromatic heterocycles. The van der Waals surface area contributed by atoms with Crippen LogP contribution >= 0.6 is 37.2 Å². The molecule has 39 heavy (non-hydrogen) atoms. The molecule has 5 rings (SSSR count). The first-order chi connectivity index (χ1) is 17.5. The van der Waals surface area contributed by atoms with Gasteiger partial charge in [0.25, 0.3) is 0 Å².